The molecule has 84 valence electrons. The summed E-state index contributed by atoms with van der Waals surface area (Å²) in [5.74, 6) is 0.693. The Hall–Kier alpha value is -1.35. The normalized spacial score (nSPS) is 18.6. The molecular formula is C13H15NO2. The van der Waals surface area contributed by atoms with E-state index in [2.05, 4.69) is 17.1 Å². The van der Waals surface area contributed by atoms with Crippen molar-refractivity contribution in [3.63, 3.8) is 0 Å². The number of rotatable bonds is 2. The van der Waals surface area contributed by atoms with Gasteiger partial charge >= 0.3 is 0 Å². The zero-order chi connectivity index (χ0) is 11.2. The number of oxazole rings is 1. The van der Waals surface area contributed by atoms with Crippen LogP contribution >= 0.6 is 0 Å². The summed E-state index contributed by atoms with van der Waals surface area (Å²) in [6.45, 7) is 2.08. The first-order valence-electron chi connectivity index (χ1n) is 5.72. The summed E-state index contributed by atoms with van der Waals surface area (Å²) in [6.07, 6.45) is 3.36. The van der Waals surface area contributed by atoms with Crippen molar-refractivity contribution < 1.29 is 9.52 Å². The number of aryl methyl sites for hydroxylation is 1. The standard InChI is InChI=1S/C13H15NO2/c1-9-14-11-7-10(3-4-12(11)16-9)13(8-15)5-2-6-13/h3-4,7,15H,2,5-6,8H2,1H3. The predicted octanol–water partition coefficient (Wildman–Crippen LogP) is 2.55. The predicted molar refractivity (Wildman–Crippen MR) is 61.4 cm³/mol. The highest BCUT2D eigenvalue weighted by atomic mass is 16.3. The van der Waals surface area contributed by atoms with Crippen molar-refractivity contribution in [2.24, 2.45) is 0 Å². The molecule has 3 rings (SSSR count). The van der Waals surface area contributed by atoms with E-state index >= 15 is 0 Å². The highest BCUT2D eigenvalue weighted by Crippen LogP contribution is 2.43. The van der Waals surface area contributed by atoms with Gasteiger partial charge in [0.15, 0.2) is 11.5 Å². The van der Waals surface area contributed by atoms with Gasteiger partial charge in [-0.05, 0) is 30.5 Å². The van der Waals surface area contributed by atoms with E-state index in [4.69, 9.17) is 4.42 Å². The van der Waals surface area contributed by atoms with Gasteiger partial charge in [-0.2, -0.15) is 0 Å². The SMILES string of the molecule is Cc1nc2cc(C3(CO)CCC3)ccc2o1. The summed E-state index contributed by atoms with van der Waals surface area (Å²) in [4.78, 5) is 4.33. The molecule has 0 saturated heterocycles. The zero-order valence-corrected chi connectivity index (χ0v) is 9.36. The van der Waals surface area contributed by atoms with E-state index in [-0.39, 0.29) is 12.0 Å². The lowest BCUT2D eigenvalue weighted by Gasteiger charge is -2.40. The van der Waals surface area contributed by atoms with Crippen LogP contribution in [0.15, 0.2) is 22.6 Å². The number of hydrogen-bond donors (Lipinski definition) is 1. The van der Waals surface area contributed by atoms with Crippen LogP contribution in [-0.4, -0.2) is 16.7 Å². The number of aromatic nitrogens is 1. The molecule has 3 nitrogen and oxygen atoms in total. The first kappa shape index (κ1) is 9.85. The molecule has 0 amide bonds. The molecule has 1 aliphatic rings. The van der Waals surface area contributed by atoms with E-state index in [1.54, 1.807) is 0 Å². The third-order valence-electron chi connectivity index (χ3n) is 3.72. The van der Waals surface area contributed by atoms with E-state index in [1.165, 1.54) is 12.0 Å². The van der Waals surface area contributed by atoms with Gasteiger partial charge in [0, 0.05) is 12.3 Å². The van der Waals surface area contributed by atoms with E-state index in [0.717, 1.165) is 23.9 Å². The van der Waals surface area contributed by atoms with Gasteiger partial charge in [0.05, 0.1) is 6.61 Å². The smallest absolute Gasteiger partial charge is 0.192 e. The van der Waals surface area contributed by atoms with Crippen molar-refractivity contribution in [1.82, 2.24) is 4.98 Å². The Bertz CT molecular complexity index is 520. The van der Waals surface area contributed by atoms with Gasteiger partial charge in [0.1, 0.15) is 5.52 Å². The molecule has 16 heavy (non-hydrogen) atoms. The van der Waals surface area contributed by atoms with Crippen LogP contribution < -0.4 is 0 Å². The lowest BCUT2D eigenvalue weighted by molar-refractivity contribution is 0.120. The third kappa shape index (κ3) is 1.28. The molecular weight excluding hydrogens is 202 g/mol. The highest BCUT2D eigenvalue weighted by molar-refractivity contribution is 5.73. The number of aliphatic hydroxyl groups excluding tert-OH is 1. The van der Waals surface area contributed by atoms with Gasteiger partial charge in [-0.15, -0.1) is 0 Å². The van der Waals surface area contributed by atoms with E-state index < -0.39 is 0 Å². The Labute approximate surface area is 94.1 Å². The van der Waals surface area contributed by atoms with Crippen molar-refractivity contribution in [2.75, 3.05) is 6.61 Å². The molecule has 1 saturated carbocycles. The summed E-state index contributed by atoms with van der Waals surface area (Å²) >= 11 is 0. The molecule has 1 fully saturated rings. The molecule has 0 aliphatic heterocycles. The lowest BCUT2D eigenvalue weighted by atomic mass is 9.65. The molecule has 0 unspecified atom stereocenters. The summed E-state index contributed by atoms with van der Waals surface area (Å²) in [6, 6.07) is 6.07. The van der Waals surface area contributed by atoms with Crippen LogP contribution in [0.1, 0.15) is 30.7 Å². The zero-order valence-electron chi connectivity index (χ0n) is 9.36. The maximum atomic E-state index is 9.52. The van der Waals surface area contributed by atoms with Crippen LogP contribution in [0.5, 0.6) is 0 Å². The van der Waals surface area contributed by atoms with Gasteiger partial charge in [-0.1, -0.05) is 12.5 Å². The van der Waals surface area contributed by atoms with Crippen LogP contribution in [0.4, 0.5) is 0 Å². The van der Waals surface area contributed by atoms with E-state index in [0.29, 0.717) is 5.89 Å². The molecule has 0 bridgehead atoms. The third-order valence-corrected chi connectivity index (χ3v) is 3.72. The van der Waals surface area contributed by atoms with Crippen molar-refractivity contribution in [2.45, 2.75) is 31.6 Å². The highest BCUT2D eigenvalue weighted by Gasteiger charge is 2.38. The summed E-state index contributed by atoms with van der Waals surface area (Å²) in [5.41, 5.74) is 2.91. The topological polar surface area (TPSA) is 46.3 Å². The quantitative estimate of drug-likeness (QED) is 0.840. The van der Waals surface area contributed by atoms with E-state index in [9.17, 15) is 5.11 Å². The first-order valence-corrected chi connectivity index (χ1v) is 5.72. The number of hydrogen-bond acceptors (Lipinski definition) is 3. The Kier molecular flexibility index (Phi) is 2.04. The van der Waals surface area contributed by atoms with Crippen molar-refractivity contribution >= 4 is 11.1 Å². The van der Waals surface area contributed by atoms with Crippen LogP contribution in [-0.2, 0) is 5.41 Å². The van der Waals surface area contributed by atoms with Crippen LogP contribution in [0, 0.1) is 6.92 Å². The first-order chi connectivity index (χ1) is 7.73. The maximum absolute atomic E-state index is 9.52. The van der Waals surface area contributed by atoms with Crippen molar-refractivity contribution in [3.05, 3.63) is 29.7 Å². The second-order valence-electron chi connectivity index (χ2n) is 4.71. The van der Waals surface area contributed by atoms with Crippen molar-refractivity contribution in [3.8, 4) is 0 Å². The average molecular weight is 217 g/mol. The van der Waals surface area contributed by atoms with Gasteiger partial charge in [-0.3, -0.25) is 0 Å². The molecule has 0 spiro atoms. The second kappa shape index (κ2) is 3.32. The van der Waals surface area contributed by atoms with Crippen LogP contribution in [0.2, 0.25) is 0 Å². The fourth-order valence-corrected chi connectivity index (χ4v) is 2.51. The van der Waals surface area contributed by atoms with E-state index in [1.807, 2.05) is 13.0 Å². The van der Waals surface area contributed by atoms with Gasteiger partial charge in [-0.25, -0.2) is 4.98 Å². The Morgan fingerprint density at radius 1 is 1.44 bits per heavy atom. The fourth-order valence-electron chi connectivity index (χ4n) is 2.51. The molecule has 0 radical (unpaired) electrons. The Balaban J connectivity index is 2.10. The summed E-state index contributed by atoms with van der Waals surface area (Å²) in [5, 5.41) is 9.52. The number of aliphatic hydroxyl groups is 1. The Morgan fingerprint density at radius 3 is 2.88 bits per heavy atom. The van der Waals surface area contributed by atoms with Crippen LogP contribution in [0.25, 0.3) is 11.1 Å². The lowest BCUT2D eigenvalue weighted by Crippen LogP contribution is -2.37. The molecule has 1 N–H and O–H groups in total. The molecule has 3 heteroatoms. The Morgan fingerprint density at radius 2 is 2.25 bits per heavy atom. The molecule has 1 aromatic carbocycles. The van der Waals surface area contributed by atoms with Gasteiger partial charge < -0.3 is 9.52 Å². The monoisotopic (exact) mass is 217 g/mol. The number of fused-ring (bicyclic) bond motifs is 1. The number of benzene rings is 1. The van der Waals surface area contributed by atoms with Crippen LogP contribution in [0.3, 0.4) is 0 Å². The van der Waals surface area contributed by atoms with Gasteiger partial charge in [0.25, 0.3) is 0 Å². The number of nitrogens with zero attached hydrogens (tertiary/aromatic N) is 1. The average Bonchev–Trinajstić information content (AvgIpc) is 2.56. The minimum absolute atomic E-state index is 0.0129. The maximum Gasteiger partial charge on any atom is 0.192 e. The molecule has 2 aromatic rings. The molecule has 0 atom stereocenters. The van der Waals surface area contributed by atoms with Gasteiger partial charge in [0.2, 0.25) is 0 Å². The fraction of sp³-hybridized carbons (Fsp3) is 0.462. The van der Waals surface area contributed by atoms with Crippen molar-refractivity contribution in [1.29, 1.82) is 0 Å². The molecule has 1 aromatic heterocycles. The molecule has 1 aliphatic carbocycles. The second-order valence-corrected chi connectivity index (χ2v) is 4.71. The summed E-state index contributed by atoms with van der Waals surface area (Å²) < 4.78 is 5.45. The largest absolute Gasteiger partial charge is 0.441 e. The summed E-state index contributed by atoms with van der Waals surface area (Å²) in [7, 11) is 0. The molecule has 1 heterocycles. The minimum Gasteiger partial charge on any atom is -0.441 e. The minimum atomic E-state index is -0.0129.